The van der Waals surface area contributed by atoms with Crippen molar-refractivity contribution < 1.29 is 0 Å². The lowest BCUT2D eigenvalue weighted by molar-refractivity contribution is 0.660. The molecule has 0 amide bonds. The Morgan fingerprint density at radius 3 is 1.45 bits per heavy atom. The highest BCUT2D eigenvalue weighted by Gasteiger charge is 2.37. The molecule has 49 heavy (non-hydrogen) atoms. The summed E-state index contributed by atoms with van der Waals surface area (Å²) >= 11 is 0. The van der Waals surface area contributed by atoms with Crippen molar-refractivity contribution in [3.8, 4) is 44.5 Å². The van der Waals surface area contributed by atoms with Gasteiger partial charge in [-0.2, -0.15) is 0 Å². The summed E-state index contributed by atoms with van der Waals surface area (Å²) in [6.45, 7) is 9.41. The van der Waals surface area contributed by atoms with Gasteiger partial charge in [-0.1, -0.05) is 155 Å². The molecule has 0 radical (unpaired) electrons. The van der Waals surface area contributed by atoms with Gasteiger partial charge in [0.05, 0.1) is 5.69 Å². The minimum Gasteiger partial charge on any atom is -0.310 e. The molecule has 9 rings (SSSR count). The number of hydrogen-bond donors (Lipinski definition) is 0. The Morgan fingerprint density at radius 1 is 0.327 bits per heavy atom. The fraction of sp³-hybridized carbons (Fsp3) is 0.125. The van der Waals surface area contributed by atoms with Crippen LogP contribution in [0.5, 0.6) is 0 Å². The van der Waals surface area contributed by atoms with E-state index in [-0.39, 0.29) is 10.8 Å². The number of anilines is 3. The molecule has 0 atom stereocenters. The zero-order chi connectivity index (χ0) is 33.3. The summed E-state index contributed by atoms with van der Waals surface area (Å²) in [5.41, 5.74) is 19.2. The van der Waals surface area contributed by atoms with Crippen LogP contribution in [0.1, 0.15) is 49.9 Å². The van der Waals surface area contributed by atoms with Gasteiger partial charge in [0, 0.05) is 27.8 Å². The highest BCUT2D eigenvalue weighted by molar-refractivity contribution is 5.91. The monoisotopic (exact) mass is 629 g/mol. The largest absolute Gasteiger partial charge is 0.310 e. The van der Waals surface area contributed by atoms with Crippen molar-refractivity contribution in [1.82, 2.24) is 0 Å². The topological polar surface area (TPSA) is 3.24 Å². The summed E-state index contributed by atoms with van der Waals surface area (Å²) in [5.74, 6) is 0. The third-order valence-electron chi connectivity index (χ3n) is 11.1. The highest BCUT2D eigenvalue weighted by Crippen LogP contribution is 2.52. The first kappa shape index (κ1) is 29.5. The Balaban J connectivity index is 1.17. The van der Waals surface area contributed by atoms with E-state index in [0.29, 0.717) is 0 Å². The molecule has 0 saturated carbocycles. The molecule has 0 bridgehead atoms. The van der Waals surface area contributed by atoms with E-state index in [1.807, 2.05) is 0 Å². The second-order valence-electron chi connectivity index (χ2n) is 14.6. The molecule has 0 aliphatic heterocycles. The lowest BCUT2D eigenvalue weighted by Gasteiger charge is -2.30. The van der Waals surface area contributed by atoms with Crippen molar-refractivity contribution in [3.63, 3.8) is 0 Å². The summed E-state index contributed by atoms with van der Waals surface area (Å²) in [5, 5.41) is 0. The van der Waals surface area contributed by atoms with Crippen LogP contribution in [-0.2, 0) is 10.8 Å². The number of hydrogen-bond acceptors (Lipinski definition) is 1. The average Bonchev–Trinajstić information content (AvgIpc) is 3.52. The minimum atomic E-state index is -0.0859. The molecule has 0 unspecified atom stereocenters. The second-order valence-corrected chi connectivity index (χ2v) is 14.6. The molecule has 0 N–H and O–H groups in total. The normalized spacial score (nSPS) is 14.4. The quantitative estimate of drug-likeness (QED) is 0.183. The Morgan fingerprint density at radius 2 is 0.796 bits per heavy atom. The van der Waals surface area contributed by atoms with Gasteiger partial charge in [-0.15, -0.1) is 0 Å². The molecular formula is C48H39N. The van der Waals surface area contributed by atoms with Crippen LogP contribution in [-0.4, -0.2) is 0 Å². The van der Waals surface area contributed by atoms with Crippen LogP contribution in [0.4, 0.5) is 17.1 Å². The summed E-state index contributed by atoms with van der Waals surface area (Å²) in [4.78, 5) is 2.44. The Labute approximate surface area is 290 Å². The zero-order valence-electron chi connectivity index (χ0n) is 28.5. The molecule has 1 heteroatoms. The van der Waals surface area contributed by atoms with Gasteiger partial charge in [0.1, 0.15) is 0 Å². The van der Waals surface area contributed by atoms with Gasteiger partial charge in [0.25, 0.3) is 0 Å². The molecule has 0 spiro atoms. The Bertz CT molecular complexity index is 2380. The molecule has 1 nitrogen and oxygen atoms in total. The molecule has 2 aliphatic rings. The van der Waals surface area contributed by atoms with E-state index >= 15 is 0 Å². The van der Waals surface area contributed by atoms with E-state index in [2.05, 4.69) is 196 Å². The van der Waals surface area contributed by atoms with Crippen LogP contribution in [0.15, 0.2) is 164 Å². The van der Waals surface area contributed by atoms with E-state index in [4.69, 9.17) is 0 Å². The minimum absolute atomic E-state index is 0.0270. The number of benzene rings is 7. The van der Waals surface area contributed by atoms with E-state index in [1.54, 1.807) is 0 Å². The second kappa shape index (κ2) is 10.9. The van der Waals surface area contributed by atoms with Gasteiger partial charge in [0.2, 0.25) is 0 Å². The molecule has 7 aromatic carbocycles. The van der Waals surface area contributed by atoms with Gasteiger partial charge < -0.3 is 4.90 Å². The van der Waals surface area contributed by atoms with Gasteiger partial charge in [0.15, 0.2) is 0 Å². The van der Waals surface area contributed by atoms with Crippen molar-refractivity contribution in [2.75, 3.05) is 4.90 Å². The van der Waals surface area contributed by atoms with Crippen LogP contribution in [0.25, 0.3) is 44.5 Å². The number of fused-ring (bicyclic) bond motifs is 6. The molecule has 0 aromatic heterocycles. The standard InChI is InChI=1S/C48H39N/c1-47(2)42-19-11-8-17-38(42)40-28-24-34(30-44(40)47)32-22-25-35(26-23-32)49(46-21-13-10-16-37(46)33-14-6-5-7-15-33)36-27-29-41-39-18-9-12-20-43(39)48(3,4)45(41)31-36/h5-31H,1-4H3. The predicted molar refractivity (Wildman–Crippen MR) is 207 cm³/mol. The number of para-hydroxylation sites is 1. The highest BCUT2D eigenvalue weighted by atomic mass is 15.1. The van der Waals surface area contributed by atoms with Crippen LogP contribution >= 0.6 is 0 Å². The Hall–Kier alpha value is -5.66. The van der Waals surface area contributed by atoms with E-state index in [0.717, 1.165) is 17.1 Å². The van der Waals surface area contributed by atoms with E-state index < -0.39 is 0 Å². The zero-order valence-corrected chi connectivity index (χ0v) is 28.5. The van der Waals surface area contributed by atoms with Crippen molar-refractivity contribution in [1.29, 1.82) is 0 Å². The van der Waals surface area contributed by atoms with Crippen molar-refractivity contribution in [2.45, 2.75) is 38.5 Å². The lowest BCUT2D eigenvalue weighted by atomic mass is 9.81. The van der Waals surface area contributed by atoms with Gasteiger partial charge in [-0.3, -0.25) is 0 Å². The van der Waals surface area contributed by atoms with Crippen molar-refractivity contribution in [3.05, 3.63) is 186 Å². The van der Waals surface area contributed by atoms with Crippen LogP contribution in [0, 0.1) is 0 Å². The summed E-state index contributed by atoms with van der Waals surface area (Å²) in [6, 6.07) is 60.5. The van der Waals surface area contributed by atoms with E-state index in [9.17, 15) is 0 Å². The van der Waals surface area contributed by atoms with Crippen molar-refractivity contribution in [2.24, 2.45) is 0 Å². The first-order valence-electron chi connectivity index (χ1n) is 17.4. The Kier molecular flexibility index (Phi) is 6.58. The average molecular weight is 630 g/mol. The number of rotatable bonds is 5. The molecule has 0 heterocycles. The number of nitrogens with zero attached hydrogens (tertiary/aromatic N) is 1. The summed E-state index contributed by atoms with van der Waals surface area (Å²) in [7, 11) is 0. The fourth-order valence-electron chi connectivity index (χ4n) is 8.48. The maximum atomic E-state index is 2.44. The first-order chi connectivity index (χ1) is 23.8. The van der Waals surface area contributed by atoms with Crippen LogP contribution < -0.4 is 4.90 Å². The molecule has 236 valence electrons. The summed E-state index contributed by atoms with van der Waals surface area (Å²) < 4.78 is 0. The van der Waals surface area contributed by atoms with Crippen LogP contribution in [0.2, 0.25) is 0 Å². The van der Waals surface area contributed by atoms with Gasteiger partial charge in [-0.25, -0.2) is 0 Å². The fourth-order valence-corrected chi connectivity index (χ4v) is 8.48. The molecule has 2 aliphatic carbocycles. The maximum absolute atomic E-state index is 2.44. The first-order valence-corrected chi connectivity index (χ1v) is 17.4. The lowest BCUT2D eigenvalue weighted by Crippen LogP contribution is -2.16. The molecule has 0 fully saturated rings. The van der Waals surface area contributed by atoms with Crippen LogP contribution in [0.3, 0.4) is 0 Å². The van der Waals surface area contributed by atoms with Gasteiger partial charge >= 0.3 is 0 Å². The third kappa shape index (κ3) is 4.53. The SMILES string of the molecule is CC1(C)c2ccccc2-c2ccc(-c3ccc(N(c4ccc5c(c4)C(C)(C)c4ccccc4-5)c4ccccc4-c4ccccc4)cc3)cc21. The molecular weight excluding hydrogens is 591 g/mol. The van der Waals surface area contributed by atoms with Crippen molar-refractivity contribution >= 4 is 17.1 Å². The summed E-state index contributed by atoms with van der Waals surface area (Å²) in [6.07, 6.45) is 0. The maximum Gasteiger partial charge on any atom is 0.0540 e. The molecule has 0 saturated heterocycles. The van der Waals surface area contributed by atoms with E-state index in [1.165, 1.54) is 66.8 Å². The third-order valence-corrected chi connectivity index (χ3v) is 11.1. The smallest absolute Gasteiger partial charge is 0.0540 e. The van der Waals surface area contributed by atoms with Gasteiger partial charge in [-0.05, 0) is 97.6 Å². The predicted octanol–water partition coefficient (Wildman–Crippen LogP) is 13.1. The molecule has 7 aromatic rings.